The number of hydrogen-bond acceptors (Lipinski definition) is 1. The first-order valence-electron chi connectivity index (χ1n) is 20.5. The fourth-order valence-corrected chi connectivity index (χ4v) is 10.2. The van der Waals surface area contributed by atoms with Crippen molar-refractivity contribution in [2.24, 2.45) is 10.9 Å². The van der Waals surface area contributed by atoms with E-state index in [2.05, 4.69) is 224 Å². The van der Waals surface area contributed by atoms with Crippen molar-refractivity contribution >= 4 is 33.3 Å². The molecule has 1 aromatic heterocycles. The van der Waals surface area contributed by atoms with Gasteiger partial charge in [-0.15, -0.1) is 0 Å². The van der Waals surface area contributed by atoms with Crippen LogP contribution in [0, 0.1) is 5.92 Å². The zero-order chi connectivity index (χ0) is 38.6. The number of hydrogen-bond donors (Lipinski definition) is 0. The van der Waals surface area contributed by atoms with Crippen molar-refractivity contribution in [3.8, 4) is 22.3 Å². The van der Waals surface area contributed by atoms with Crippen molar-refractivity contribution in [2.75, 3.05) is 0 Å². The Morgan fingerprint density at radius 2 is 1.12 bits per heavy atom. The Morgan fingerprint density at radius 1 is 0.517 bits per heavy atom. The van der Waals surface area contributed by atoms with Gasteiger partial charge in [-0.25, -0.2) is 4.99 Å². The first-order chi connectivity index (χ1) is 28.8. The van der Waals surface area contributed by atoms with Crippen LogP contribution in [0.1, 0.15) is 52.6 Å². The number of fused-ring (bicyclic) bond motifs is 7. The second kappa shape index (κ2) is 13.9. The summed E-state index contributed by atoms with van der Waals surface area (Å²) in [6, 6.07) is 75.8. The van der Waals surface area contributed by atoms with Crippen molar-refractivity contribution in [3.05, 3.63) is 246 Å². The largest absolute Gasteiger partial charge is 0.297 e. The van der Waals surface area contributed by atoms with Crippen LogP contribution in [0.5, 0.6) is 0 Å². The Balaban J connectivity index is 1.25. The molecule has 0 saturated carbocycles. The molecule has 1 aliphatic heterocycles. The zero-order valence-electron chi connectivity index (χ0n) is 32.5. The molecule has 2 heteroatoms. The van der Waals surface area contributed by atoms with E-state index in [-0.39, 0.29) is 11.8 Å². The van der Waals surface area contributed by atoms with Gasteiger partial charge >= 0.3 is 0 Å². The van der Waals surface area contributed by atoms with E-state index in [9.17, 15) is 0 Å². The highest BCUT2D eigenvalue weighted by Gasteiger charge is 2.48. The molecule has 0 radical (unpaired) electrons. The van der Waals surface area contributed by atoms with Crippen molar-refractivity contribution in [2.45, 2.75) is 24.7 Å². The number of aliphatic imine (C=N–C) groups is 1. The summed E-state index contributed by atoms with van der Waals surface area (Å²) in [7, 11) is 0. The van der Waals surface area contributed by atoms with E-state index in [0.29, 0.717) is 0 Å². The topological polar surface area (TPSA) is 17.3 Å². The molecule has 1 aliphatic carbocycles. The van der Waals surface area contributed by atoms with E-state index >= 15 is 0 Å². The van der Waals surface area contributed by atoms with Crippen LogP contribution in [0.4, 0.5) is 0 Å². The van der Waals surface area contributed by atoms with Gasteiger partial charge in [0.1, 0.15) is 5.84 Å². The molecule has 58 heavy (non-hydrogen) atoms. The molecule has 0 N–H and O–H groups in total. The van der Waals surface area contributed by atoms with Gasteiger partial charge < -0.3 is 0 Å². The normalized spacial score (nSPS) is 16.8. The summed E-state index contributed by atoms with van der Waals surface area (Å²) in [5.41, 5.74) is 15.4. The van der Waals surface area contributed by atoms with Crippen LogP contribution in [0.2, 0.25) is 0 Å². The van der Waals surface area contributed by atoms with Crippen LogP contribution >= 0.6 is 0 Å². The standard InChI is InChI=1S/C56H42N2/c1-2-44-49(41-25-19-24-40(36-41)38-20-7-3-8-21-38)37-51(39-22-9-4-10-23-39)57-55(44)58-52-33-18-16-31-46(52)48-35-34-47-45-30-15-17-32-50(45)56(53(47)54(48)58,42-26-11-5-12-27-42)43-28-13-6-14-29-43/h3-37,44,49H,2H2,1H3. The number of nitrogens with zero attached hydrogens (tertiary/aromatic N) is 2. The highest BCUT2D eigenvalue weighted by molar-refractivity contribution is 6.19. The molecule has 276 valence electrons. The van der Waals surface area contributed by atoms with Gasteiger partial charge in [-0.2, -0.15) is 0 Å². The van der Waals surface area contributed by atoms with Crippen LogP contribution in [0.25, 0.3) is 49.8 Å². The zero-order valence-corrected chi connectivity index (χ0v) is 32.5. The van der Waals surface area contributed by atoms with E-state index in [1.807, 2.05) is 0 Å². The van der Waals surface area contributed by atoms with Gasteiger partial charge in [-0.3, -0.25) is 4.57 Å². The average Bonchev–Trinajstić information content (AvgIpc) is 3.81. The Hall–Kier alpha value is -7.03. The van der Waals surface area contributed by atoms with Crippen LogP contribution in [0.15, 0.2) is 217 Å². The molecule has 11 rings (SSSR count). The van der Waals surface area contributed by atoms with Gasteiger partial charge in [-0.1, -0.05) is 207 Å². The predicted molar refractivity (Wildman–Crippen MR) is 242 cm³/mol. The van der Waals surface area contributed by atoms with Crippen molar-refractivity contribution in [1.82, 2.24) is 4.57 Å². The molecule has 8 aromatic carbocycles. The van der Waals surface area contributed by atoms with Crippen LogP contribution in [0.3, 0.4) is 0 Å². The molecule has 2 atom stereocenters. The monoisotopic (exact) mass is 742 g/mol. The van der Waals surface area contributed by atoms with E-state index in [0.717, 1.165) is 23.5 Å². The maximum absolute atomic E-state index is 5.81. The molecule has 2 heterocycles. The van der Waals surface area contributed by atoms with E-state index in [4.69, 9.17) is 4.99 Å². The average molecular weight is 743 g/mol. The fraction of sp³-hybridized carbons (Fsp3) is 0.0893. The third-order valence-corrected chi connectivity index (χ3v) is 12.7. The minimum Gasteiger partial charge on any atom is -0.297 e. The van der Waals surface area contributed by atoms with Gasteiger partial charge in [0.05, 0.1) is 22.1 Å². The van der Waals surface area contributed by atoms with E-state index in [1.54, 1.807) is 0 Å². The molecule has 0 fully saturated rings. The van der Waals surface area contributed by atoms with Gasteiger partial charge in [-0.05, 0) is 68.6 Å². The summed E-state index contributed by atoms with van der Waals surface area (Å²) in [6.07, 6.45) is 3.35. The summed E-state index contributed by atoms with van der Waals surface area (Å²) in [5, 5.41) is 2.48. The summed E-state index contributed by atoms with van der Waals surface area (Å²) in [6.45, 7) is 2.34. The minimum atomic E-state index is -0.571. The maximum atomic E-state index is 5.81. The SMILES string of the molecule is CCC1C(n2c3ccccc3c3ccc4c(c32)C(c2ccccc2)(c2ccccc2)c2ccccc2-4)=NC(c2ccccc2)=CC1c1cccc(-c2ccccc2)c1. The lowest BCUT2D eigenvalue weighted by molar-refractivity contribution is 0.580. The summed E-state index contributed by atoms with van der Waals surface area (Å²) >= 11 is 0. The molecule has 0 saturated heterocycles. The lowest BCUT2D eigenvalue weighted by Crippen LogP contribution is -2.32. The van der Waals surface area contributed by atoms with Gasteiger partial charge in [0.15, 0.2) is 0 Å². The Bertz CT molecular complexity index is 2990. The molecule has 9 aromatic rings. The number of allylic oxidation sites excluding steroid dienone is 1. The molecular weight excluding hydrogens is 701 g/mol. The van der Waals surface area contributed by atoms with E-state index in [1.165, 1.54) is 71.9 Å². The quantitative estimate of drug-likeness (QED) is 0.161. The summed E-state index contributed by atoms with van der Waals surface area (Å²) in [4.78, 5) is 5.81. The van der Waals surface area contributed by atoms with Gasteiger partial charge in [0.25, 0.3) is 0 Å². The third kappa shape index (κ3) is 5.15. The molecular formula is C56H42N2. The third-order valence-electron chi connectivity index (χ3n) is 12.7. The van der Waals surface area contributed by atoms with Crippen molar-refractivity contribution < 1.29 is 0 Å². The lowest BCUT2D eigenvalue weighted by Gasteiger charge is -2.36. The fourth-order valence-electron chi connectivity index (χ4n) is 10.2. The first kappa shape index (κ1) is 34.2. The second-order valence-electron chi connectivity index (χ2n) is 15.7. The molecule has 2 unspecified atom stereocenters. The Morgan fingerprint density at radius 3 is 1.83 bits per heavy atom. The Labute approximate surface area is 340 Å². The van der Waals surface area contributed by atoms with Crippen LogP contribution < -0.4 is 0 Å². The van der Waals surface area contributed by atoms with E-state index < -0.39 is 5.41 Å². The summed E-state index contributed by atoms with van der Waals surface area (Å²) < 4.78 is 2.58. The highest BCUT2D eigenvalue weighted by Crippen LogP contribution is 2.59. The van der Waals surface area contributed by atoms with Crippen LogP contribution in [-0.4, -0.2) is 10.4 Å². The predicted octanol–water partition coefficient (Wildman–Crippen LogP) is 13.9. The molecule has 0 amide bonds. The van der Waals surface area contributed by atoms with Crippen LogP contribution in [-0.2, 0) is 5.41 Å². The lowest BCUT2D eigenvalue weighted by atomic mass is 9.67. The first-order valence-corrected chi connectivity index (χ1v) is 20.5. The minimum absolute atomic E-state index is 0.0922. The second-order valence-corrected chi connectivity index (χ2v) is 15.7. The molecule has 0 spiro atoms. The smallest absolute Gasteiger partial charge is 0.118 e. The number of para-hydroxylation sites is 1. The summed E-state index contributed by atoms with van der Waals surface area (Å²) in [5.74, 6) is 1.28. The number of rotatable bonds is 6. The Kier molecular flexibility index (Phi) is 8.18. The van der Waals surface area contributed by atoms with Gasteiger partial charge in [0.2, 0.25) is 0 Å². The molecule has 0 bridgehead atoms. The number of aromatic nitrogens is 1. The maximum Gasteiger partial charge on any atom is 0.118 e. The molecule has 2 aliphatic rings. The van der Waals surface area contributed by atoms with Crippen molar-refractivity contribution in [3.63, 3.8) is 0 Å². The van der Waals surface area contributed by atoms with Crippen molar-refractivity contribution in [1.29, 1.82) is 0 Å². The number of benzene rings is 8. The van der Waals surface area contributed by atoms with Gasteiger partial charge in [0, 0.05) is 28.2 Å². The highest BCUT2D eigenvalue weighted by atomic mass is 15.1. The molecule has 2 nitrogen and oxygen atoms in total.